The minimum atomic E-state index is -1.65. The molecular formula is C30H45N3O5. The Bertz CT molecular complexity index is 913. The molecule has 0 bridgehead atoms. The van der Waals surface area contributed by atoms with Crippen molar-refractivity contribution in [1.29, 1.82) is 0 Å². The second kappa shape index (κ2) is 18.4. The number of nitrogens with zero attached hydrogens (tertiary/aromatic N) is 3. The van der Waals surface area contributed by atoms with Crippen molar-refractivity contribution >= 4 is 17.3 Å². The van der Waals surface area contributed by atoms with Gasteiger partial charge in [0.25, 0.3) is 11.4 Å². The molecule has 2 rings (SSSR count). The van der Waals surface area contributed by atoms with Crippen molar-refractivity contribution in [3.05, 3.63) is 58.7 Å². The van der Waals surface area contributed by atoms with Crippen molar-refractivity contribution in [2.24, 2.45) is 10.2 Å². The first-order valence-corrected chi connectivity index (χ1v) is 14.4. The molecule has 0 saturated heterocycles. The quantitative estimate of drug-likeness (QED) is 0.0599. The Morgan fingerprint density at radius 3 is 1.92 bits per heavy atom. The average Bonchev–Trinajstić information content (AvgIpc) is 2.91. The van der Waals surface area contributed by atoms with E-state index in [4.69, 9.17) is 4.74 Å². The fourth-order valence-corrected chi connectivity index (χ4v) is 4.46. The number of esters is 1. The summed E-state index contributed by atoms with van der Waals surface area (Å²) < 4.78 is 5.60. The predicted octanol–water partition coefficient (Wildman–Crippen LogP) is 8.67. The molecule has 1 aromatic carbocycles. The zero-order valence-corrected chi connectivity index (χ0v) is 22.9. The van der Waals surface area contributed by atoms with Gasteiger partial charge < -0.3 is 9.84 Å². The topological polar surface area (TPSA) is 114 Å². The van der Waals surface area contributed by atoms with E-state index in [2.05, 4.69) is 17.2 Å². The maximum Gasteiger partial charge on any atom is 0.308 e. The highest BCUT2D eigenvalue weighted by molar-refractivity contribution is 5.70. The Balaban J connectivity index is 1.63. The highest BCUT2D eigenvalue weighted by Gasteiger charge is 2.40. The molecule has 210 valence electrons. The van der Waals surface area contributed by atoms with Gasteiger partial charge in [-0.1, -0.05) is 109 Å². The van der Waals surface area contributed by atoms with E-state index >= 15 is 0 Å². The standard InChI is InChI=1S/C30H45N3O5/c1-2-3-4-5-6-7-8-9-10-11-12-13-14-15-16-20-29(35)38-30(25-18-17-19-28(30)34)32-31-26-21-23-27(24-22-26)33(36)37/h17-19,21-25,28,34H,2-16,20H2,1H3. The monoisotopic (exact) mass is 527 g/mol. The number of hydrogen-bond donors (Lipinski definition) is 1. The van der Waals surface area contributed by atoms with Crippen LogP contribution in [0, 0.1) is 10.1 Å². The molecule has 0 radical (unpaired) electrons. The number of hydrogen-bond acceptors (Lipinski definition) is 7. The van der Waals surface area contributed by atoms with Gasteiger partial charge in [0.1, 0.15) is 6.10 Å². The molecule has 2 unspecified atom stereocenters. The molecule has 1 N–H and O–H groups in total. The molecule has 0 aromatic heterocycles. The normalized spacial score (nSPS) is 18.7. The first kappa shape index (κ1) is 31.3. The lowest BCUT2D eigenvalue weighted by atomic mass is 10.0. The Morgan fingerprint density at radius 1 is 0.895 bits per heavy atom. The zero-order valence-electron chi connectivity index (χ0n) is 22.9. The number of allylic oxidation sites excluding steroid dienone is 2. The maximum absolute atomic E-state index is 12.6. The van der Waals surface area contributed by atoms with Gasteiger partial charge in [-0.05, 0) is 30.7 Å². The van der Waals surface area contributed by atoms with Gasteiger partial charge >= 0.3 is 5.97 Å². The molecule has 0 spiro atoms. The highest BCUT2D eigenvalue weighted by Crippen LogP contribution is 2.29. The second-order valence-electron chi connectivity index (χ2n) is 10.1. The Labute approximate surface area is 227 Å². The summed E-state index contributed by atoms with van der Waals surface area (Å²) in [7, 11) is 0. The summed E-state index contributed by atoms with van der Waals surface area (Å²) in [5.74, 6) is -0.443. The van der Waals surface area contributed by atoms with E-state index in [1.54, 1.807) is 12.2 Å². The number of carbonyl (C=O) groups is 1. The molecule has 8 nitrogen and oxygen atoms in total. The van der Waals surface area contributed by atoms with Gasteiger partial charge in [-0.3, -0.25) is 14.9 Å². The number of aliphatic hydroxyl groups excluding tert-OH is 1. The van der Waals surface area contributed by atoms with Crippen LogP contribution in [0.1, 0.15) is 110 Å². The lowest BCUT2D eigenvalue weighted by Gasteiger charge is -2.30. The van der Waals surface area contributed by atoms with Crippen LogP contribution in [-0.4, -0.2) is 27.8 Å². The van der Waals surface area contributed by atoms with E-state index in [9.17, 15) is 20.0 Å². The number of nitro benzene ring substituents is 1. The fraction of sp³-hybridized carbons (Fsp3) is 0.633. The van der Waals surface area contributed by atoms with Crippen LogP contribution in [0.5, 0.6) is 0 Å². The summed E-state index contributed by atoms with van der Waals surface area (Å²) in [6.45, 7) is 2.26. The van der Waals surface area contributed by atoms with E-state index in [-0.39, 0.29) is 12.1 Å². The van der Waals surface area contributed by atoms with Gasteiger partial charge in [-0.2, -0.15) is 5.11 Å². The first-order chi connectivity index (χ1) is 18.5. The lowest BCUT2D eigenvalue weighted by Crippen LogP contribution is -2.43. The number of aliphatic hydroxyl groups is 1. The van der Waals surface area contributed by atoms with Crippen LogP contribution in [0.2, 0.25) is 0 Å². The molecule has 1 aliphatic rings. The van der Waals surface area contributed by atoms with Crippen molar-refractivity contribution in [1.82, 2.24) is 0 Å². The Kier molecular flexibility index (Phi) is 15.2. The number of nitro groups is 1. The molecule has 0 heterocycles. The zero-order chi connectivity index (χ0) is 27.5. The van der Waals surface area contributed by atoms with Gasteiger partial charge in [0, 0.05) is 18.6 Å². The molecule has 0 amide bonds. The third kappa shape index (κ3) is 12.1. The summed E-state index contributed by atoms with van der Waals surface area (Å²) in [5, 5.41) is 29.5. The second-order valence-corrected chi connectivity index (χ2v) is 10.1. The number of unbranched alkanes of at least 4 members (excludes halogenated alkanes) is 14. The minimum absolute atomic E-state index is 0.0610. The number of ether oxygens (including phenoxy) is 1. The smallest absolute Gasteiger partial charge is 0.308 e. The highest BCUT2D eigenvalue weighted by atomic mass is 16.6. The summed E-state index contributed by atoms with van der Waals surface area (Å²) in [6.07, 6.45) is 24.1. The maximum atomic E-state index is 12.6. The van der Waals surface area contributed by atoms with Crippen molar-refractivity contribution < 1.29 is 19.6 Å². The fourth-order valence-electron chi connectivity index (χ4n) is 4.46. The largest absolute Gasteiger partial charge is 0.428 e. The van der Waals surface area contributed by atoms with Crippen LogP contribution in [0.15, 0.2) is 58.8 Å². The molecule has 1 aromatic rings. The predicted molar refractivity (Wildman–Crippen MR) is 150 cm³/mol. The van der Waals surface area contributed by atoms with Crippen LogP contribution in [0.25, 0.3) is 0 Å². The number of azo groups is 1. The third-order valence-electron chi connectivity index (χ3n) is 6.81. The van der Waals surface area contributed by atoms with Crippen molar-refractivity contribution in [3.63, 3.8) is 0 Å². The van der Waals surface area contributed by atoms with E-state index in [1.807, 2.05) is 0 Å². The van der Waals surface area contributed by atoms with Crippen molar-refractivity contribution in [3.8, 4) is 0 Å². The van der Waals surface area contributed by atoms with Crippen molar-refractivity contribution in [2.45, 2.75) is 121 Å². The average molecular weight is 528 g/mol. The summed E-state index contributed by atoms with van der Waals surface area (Å²) in [5.41, 5.74) is -1.36. The summed E-state index contributed by atoms with van der Waals surface area (Å²) in [4.78, 5) is 22.9. The van der Waals surface area contributed by atoms with Gasteiger partial charge in [-0.15, -0.1) is 5.11 Å². The van der Waals surface area contributed by atoms with Gasteiger partial charge in [-0.25, -0.2) is 0 Å². The van der Waals surface area contributed by atoms with E-state index in [1.165, 1.54) is 113 Å². The molecule has 1 aliphatic carbocycles. The minimum Gasteiger partial charge on any atom is -0.428 e. The van der Waals surface area contributed by atoms with Gasteiger partial charge in [0.2, 0.25) is 0 Å². The molecule has 8 heteroatoms. The SMILES string of the molecule is CCCCCCCCCCCCCCCCCC(=O)OC1(N=Nc2ccc([N+](=O)[O-])cc2)C=CC=CC1O. The summed E-state index contributed by atoms with van der Waals surface area (Å²) in [6, 6.07) is 5.52. The number of rotatable bonds is 20. The molecule has 38 heavy (non-hydrogen) atoms. The van der Waals surface area contributed by atoms with Crippen LogP contribution in [0.3, 0.4) is 0 Å². The van der Waals surface area contributed by atoms with Crippen LogP contribution < -0.4 is 0 Å². The Hall–Kier alpha value is -2.87. The van der Waals surface area contributed by atoms with E-state index < -0.39 is 22.7 Å². The molecular weight excluding hydrogens is 482 g/mol. The third-order valence-corrected chi connectivity index (χ3v) is 6.81. The van der Waals surface area contributed by atoms with Crippen LogP contribution >= 0.6 is 0 Å². The Morgan fingerprint density at radius 2 is 1.42 bits per heavy atom. The lowest BCUT2D eigenvalue weighted by molar-refractivity contribution is -0.384. The van der Waals surface area contributed by atoms with Crippen molar-refractivity contribution in [2.75, 3.05) is 0 Å². The van der Waals surface area contributed by atoms with Gasteiger partial charge in [0.15, 0.2) is 0 Å². The number of non-ortho nitro benzene ring substituents is 1. The number of carbonyl (C=O) groups excluding carboxylic acids is 1. The van der Waals surface area contributed by atoms with Crippen LogP contribution in [0.4, 0.5) is 11.4 Å². The molecule has 0 aliphatic heterocycles. The van der Waals surface area contributed by atoms with Gasteiger partial charge in [0.05, 0.1) is 10.6 Å². The molecule has 2 atom stereocenters. The molecule has 0 fully saturated rings. The first-order valence-electron chi connectivity index (χ1n) is 14.4. The summed E-state index contributed by atoms with van der Waals surface area (Å²) >= 11 is 0. The van der Waals surface area contributed by atoms with E-state index in [0.717, 1.165) is 19.3 Å². The molecule has 0 saturated carbocycles. The number of benzene rings is 1. The van der Waals surface area contributed by atoms with Crippen LogP contribution in [-0.2, 0) is 9.53 Å². The van der Waals surface area contributed by atoms with E-state index in [0.29, 0.717) is 5.69 Å².